The Bertz CT molecular complexity index is 1620. The lowest BCUT2D eigenvalue weighted by atomic mass is 9.91. The third-order valence-corrected chi connectivity index (χ3v) is 7.93. The van der Waals surface area contributed by atoms with Crippen molar-refractivity contribution in [2.45, 2.75) is 26.2 Å². The first-order valence-corrected chi connectivity index (χ1v) is 13.6. The molecule has 1 atom stereocenters. The van der Waals surface area contributed by atoms with Crippen LogP contribution in [0.1, 0.15) is 45.5 Å². The molecule has 1 saturated heterocycles. The van der Waals surface area contributed by atoms with Crippen LogP contribution in [0.2, 0.25) is 0 Å². The Morgan fingerprint density at radius 3 is 2.52 bits per heavy atom. The van der Waals surface area contributed by atoms with E-state index in [1.165, 1.54) is 6.08 Å². The number of hydrogen-bond donors (Lipinski definition) is 3. The lowest BCUT2D eigenvalue weighted by molar-refractivity contribution is -0.111. The lowest BCUT2D eigenvalue weighted by Gasteiger charge is -2.14. The van der Waals surface area contributed by atoms with E-state index in [4.69, 9.17) is 5.73 Å². The van der Waals surface area contributed by atoms with Gasteiger partial charge in [-0.15, -0.1) is 0 Å². The fourth-order valence-corrected chi connectivity index (χ4v) is 5.61. The summed E-state index contributed by atoms with van der Waals surface area (Å²) in [6.07, 6.45) is 4.07. The molecule has 1 fully saturated rings. The van der Waals surface area contributed by atoms with E-state index >= 15 is 0 Å². The van der Waals surface area contributed by atoms with Crippen LogP contribution in [0.4, 0.5) is 5.69 Å². The number of likely N-dealkylation sites (tertiary alicyclic amines) is 1. The van der Waals surface area contributed by atoms with Crippen molar-refractivity contribution in [3.05, 3.63) is 90.0 Å². The van der Waals surface area contributed by atoms with Crippen molar-refractivity contribution in [2.24, 2.45) is 11.7 Å². The number of rotatable bonds is 7. The number of anilines is 1. The van der Waals surface area contributed by atoms with Crippen LogP contribution in [-0.2, 0) is 4.79 Å². The van der Waals surface area contributed by atoms with Crippen LogP contribution < -0.4 is 11.1 Å². The number of Topliss-reactive ketones (excluding diaryl/α,β-unsaturated/α-hetero) is 1. The molecule has 1 unspecified atom stereocenters. The number of amides is 2. The fraction of sp³-hybridized carbons (Fsp3) is 0.242. The number of nitrogens with zero attached hydrogens (tertiary/aromatic N) is 1. The van der Waals surface area contributed by atoms with Crippen molar-refractivity contribution in [3.63, 3.8) is 0 Å². The van der Waals surface area contributed by atoms with Crippen LogP contribution in [0, 0.1) is 12.8 Å². The second-order valence-electron chi connectivity index (χ2n) is 10.5. The van der Waals surface area contributed by atoms with Crippen LogP contribution in [0.15, 0.2) is 73.3 Å². The molecule has 1 aromatic heterocycles. The van der Waals surface area contributed by atoms with Gasteiger partial charge >= 0.3 is 0 Å². The summed E-state index contributed by atoms with van der Waals surface area (Å²) in [5.74, 6) is -0.550. The molecule has 7 heteroatoms. The van der Waals surface area contributed by atoms with Gasteiger partial charge in [-0.3, -0.25) is 14.4 Å². The minimum atomic E-state index is -0.524. The summed E-state index contributed by atoms with van der Waals surface area (Å²) in [5.41, 5.74) is 12.6. The number of aromatic nitrogens is 1. The summed E-state index contributed by atoms with van der Waals surface area (Å²) in [7, 11) is 2.11. The molecule has 7 nitrogen and oxygen atoms in total. The summed E-state index contributed by atoms with van der Waals surface area (Å²) in [6, 6.07) is 19.0. The monoisotopic (exact) mass is 534 g/mol. The molecule has 4 N–H and O–H groups in total. The number of aromatic amines is 1. The molecule has 40 heavy (non-hydrogen) atoms. The zero-order valence-corrected chi connectivity index (χ0v) is 22.9. The highest BCUT2D eigenvalue weighted by molar-refractivity contribution is 6.11. The smallest absolute Gasteiger partial charge is 0.250 e. The number of carbonyl (C=O) groups is 3. The highest BCUT2D eigenvalue weighted by Gasteiger charge is 2.23. The maximum absolute atomic E-state index is 13.2. The Balaban J connectivity index is 1.52. The topological polar surface area (TPSA) is 108 Å². The van der Waals surface area contributed by atoms with Gasteiger partial charge in [0.05, 0.1) is 11.1 Å². The maximum atomic E-state index is 13.2. The average Bonchev–Trinajstić information content (AvgIpc) is 3.29. The van der Waals surface area contributed by atoms with Crippen molar-refractivity contribution in [3.8, 4) is 22.4 Å². The summed E-state index contributed by atoms with van der Waals surface area (Å²) < 4.78 is 0. The Morgan fingerprint density at radius 1 is 1.02 bits per heavy atom. The Labute approximate surface area is 234 Å². The first-order valence-electron chi connectivity index (χ1n) is 13.6. The molecule has 2 heterocycles. The zero-order valence-electron chi connectivity index (χ0n) is 22.9. The standard InChI is InChI=1S/C33H34N4O3/c1-4-30(38)35-28-9-5-8-24(20(28)2)25-14-15-26(33(34)40)31-27(25)19-29(36-31)21-10-12-23(13-11-21)32(39)22-7-6-17-37(3)18-16-22/h4-5,8-15,19,22,36H,1,6-7,16-18H2,2-3H3,(H2,34,40)(H,35,38). The number of benzene rings is 3. The first-order chi connectivity index (χ1) is 19.3. The van der Waals surface area contributed by atoms with Crippen molar-refractivity contribution < 1.29 is 14.4 Å². The highest BCUT2D eigenvalue weighted by Crippen LogP contribution is 2.37. The number of nitrogens with two attached hydrogens (primary N) is 1. The molecule has 1 aliphatic heterocycles. The van der Waals surface area contributed by atoms with Gasteiger partial charge in [0.2, 0.25) is 5.91 Å². The van der Waals surface area contributed by atoms with E-state index in [0.29, 0.717) is 16.8 Å². The third kappa shape index (κ3) is 5.33. The van der Waals surface area contributed by atoms with Gasteiger partial charge in [-0.05, 0) is 92.9 Å². The van der Waals surface area contributed by atoms with Gasteiger partial charge in [0, 0.05) is 28.2 Å². The molecule has 3 aromatic carbocycles. The minimum Gasteiger partial charge on any atom is -0.366 e. The predicted molar refractivity (Wildman–Crippen MR) is 160 cm³/mol. The van der Waals surface area contributed by atoms with Crippen molar-refractivity contribution in [2.75, 3.05) is 25.5 Å². The predicted octanol–water partition coefficient (Wildman–Crippen LogP) is 5.95. The highest BCUT2D eigenvalue weighted by atomic mass is 16.2. The summed E-state index contributed by atoms with van der Waals surface area (Å²) in [5, 5.41) is 3.69. The number of ketones is 1. The Morgan fingerprint density at radius 2 is 1.80 bits per heavy atom. The summed E-state index contributed by atoms with van der Waals surface area (Å²) in [4.78, 5) is 43.1. The second kappa shape index (κ2) is 11.3. The van der Waals surface area contributed by atoms with E-state index in [-0.39, 0.29) is 17.6 Å². The van der Waals surface area contributed by atoms with Crippen LogP contribution in [0.3, 0.4) is 0 Å². The molecule has 0 bridgehead atoms. The van der Waals surface area contributed by atoms with Gasteiger partial charge in [-0.25, -0.2) is 0 Å². The number of nitrogens with one attached hydrogen (secondary N) is 2. The second-order valence-corrected chi connectivity index (χ2v) is 10.5. The van der Waals surface area contributed by atoms with Gasteiger partial charge in [0.1, 0.15) is 0 Å². The fourth-order valence-electron chi connectivity index (χ4n) is 5.61. The van der Waals surface area contributed by atoms with E-state index < -0.39 is 5.91 Å². The maximum Gasteiger partial charge on any atom is 0.250 e. The molecule has 5 rings (SSSR count). The Kier molecular flexibility index (Phi) is 7.67. The SMILES string of the molecule is C=CC(=O)Nc1cccc(-c2ccc(C(N)=O)c3[nH]c(-c4ccc(C(=O)C5CCCN(C)CC5)cc4)cc23)c1C. The molecule has 4 aromatic rings. The van der Waals surface area contributed by atoms with Gasteiger partial charge in [0.25, 0.3) is 5.91 Å². The van der Waals surface area contributed by atoms with Gasteiger partial charge in [-0.2, -0.15) is 0 Å². The van der Waals surface area contributed by atoms with Crippen molar-refractivity contribution in [1.29, 1.82) is 0 Å². The van der Waals surface area contributed by atoms with Crippen LogP contribution in [-0.4, -0.2) is 47.6 Å². The normalized spacial score (nSPS) is 15.9. The number of fused-ring (bicyclic) bond motifs is 1. The minimum absolute atomic E-state index is 0.0554. The lowest BCUT2D eigenvalue weighted by Crippen LogP contribution is -2.20. The Hall–Kier alpha value is -4.49. The molecule has 204 valence electrons. The van der Waals surface area contributed by atoms with Crippen LogP contribution >= 0.6 is 0 Å². The quantitative estimate of drug-likeness (QED) is 0.201. The molecular formula is C33H34N4O3. The van der Waals surface area contributed by atoms with E-state index in [1.54, 1.807) is 6.07 Å². The van der Waals surface area contributed by atoms with Gasteiger partial charge in [0.15, 0.2) is 5.78 Å². The number of H-pyrrole nitrogens is 1. The summed E-state index contributed by atoms with van der Waals surface area (Å²) >= 11 is 0. The van der Waals surface area contributed by atoms with E-state index in [9.17, 15) is 14.4 Å². The van der Waals surface area contributed by atoms with Crippen LogP contribution in [0.25, 0.3) is 33.3 Å². The van der Waals surface area contributed by atoms with E-state index in [0.717, 1.165) is 71.2 Å². The largest absolute Gasteiger partial charge is 0.366 e. The van der Waals surface area contributed by atoms with E-state index in [1.807, 2.05) is 61.5 Å². The number of primary amides is 1. The van der Waals surface area contributed by atoms with Gasteiger partial charge < -0.3 is 20.9 Å². The molecule has 0 saturated carbocycles. The van der Waals surface area contributed by atoms with Crippen LogP contribution in [0.5, 0.6) is 0 Å². The number of carbonyl (C=O) groups excluding carboxylic acids is 3. The molecule has 0 spiro atoms. The van der Waals surface area contributed by atoms with Crippen molar-refractivity contribution >= 4 is 34.2 Å². The first kappa shape index (κ1) is 27.1. The number of hydrogen-bond acceptors (Lipinski definition) is 4. The van der Waals surface area contributed by atoms with Crippen molar-refractivity contribution in [1.82, 2.24) is 9.88 Å². The van der Waals surface area contributed by atoms with Gasteiger partial charge in [-0.1, -0.05) is 49.0 Å². The average molecular weight is 535 g/mol. The molecule has 0 radical (unpaired) electrons. The molecule has 0 aliphatic carbocycles. The van der Waals surface area contributed by atoms with E-state index in [2.05, 4.69) is 28.8 Å². The molecular weight excluding hydrogens is 500 g/mol. The zero-order chi connectivity index (χ0) is 28.4. The molecule has 1 aliphatic rings. The third-order valence-electron chi connectivity index (χ3n) is 7.93. The molecule has 2 amide bonds. The summed E-state index contributed by atoms with van der Waals surface area (Å²) in [6.45, 7) is 7.45.